The molecule has 0 aromatic heterocycles. The fourth-order valence-corrected chi connectivity index (χ4v) is 3.30. The Bertz CT molecular complexity index is 340. The molecule has 1 unspecified atom stereocenters. The molecule has 1 aromatic carbocycles. The van der Waals surface area contributed by atoms with E-state index >= 15 is 0 Å². The lowest BCUT2D eigenvalue weighted by Gasteiger charge is -2.13. The topological polar surface area (TPSA) is 9.23 Å². The zero-order valence-electron chi connectivity index (χ0n) is 10.9. The van der Waals surface area contributed by atoms with E-state index in [1.54, 1.807) is 0 Å². The van der Waals surface area contributed by atoms with E-state index in [-0.39, 0.29) is 0 Å². The van der Waals surface area contributed by atoms with Crippen molar-refractivity contribution in [3.05, 3.63) is 48.0 Å². The monoisotopic (exact) mass is 376 g/mol. The molecule has 0 heterocycles. The molecule has 0 radical (unpaired) electrons. The average Bonchev–Trinajstić information content (AvgIpc) is 2.39. The molecule has 0 saturated carbocycles. The highest BCUT2D eigenvalue weighted by atomic mass is 127. The van der Waals surface area contributed by atoms with Crippen LogP contribution in [0, 0.1) is 5.92 Å². The Morgan fingerprint density at radius 1 is 1.39 bits per heavy atom. The second-order valence-electron chi connectivity index (χ2n) is 4.49. The van der Waals surface area contributed by atoms with E-state index in [9.17, 15) is 0 Å². The van der Waals surface area contributed by atoms with Crippen molar-refractivity contribution in [2.45, 2.75) is 26.4 Å². The Morgan fingerprint density at radius 2 is 2.11 bits per heavy atom. The molecule has 0 spiro atoms. The first-order chi connectivity index (χ1) is 8.74. The van der Waals surface area contributed by atoms with Gasteiger partial charge in [0, 0.05) is 12.4 Å². The molecule has 0 N–H and O–H groups in total. The second kappa shape index (κ2) is 9.87. The van der Waals surface area contributed by atoms with E-state index in [1.807, 2.05) is 27.1 Å². The summed E-state index contributed by atoms with van der Waals surface area (Å²) in [5.74, 6) is 1.67. The molecule has 1 atom stereocenters. The molecule has 0 bridgehead atoms. The minimum absolute atomic E-state index is 0.604. The standard InChI is InChI=1S/C15H21IOS/c1-13(14(2)12-18-16)7-6-10-17-11-15-8-4-3-5-9-15/h3-5,8-9,13H,2,6-7,10-12H2,1H3. The normalized spacial score (nSPS) is 12.3. The highest BCUT2D eigenvalue weighted by Crippen LogP contribution is 2.22. The molecular formula is C15H21IOS. The summed E-state index contributed by atoms with van der Waals surface area (Å²) in [6, 6.07) is 10.3. The predicted molar refractivity (Wildman–Crippen MR) is 90.1 cm³/mol. The summed E-state index contributed by atoms with van der Waals surface area (Å²) in [7, 11) is 1.82. The summed E-state index contributed by atoms with van der Waals surface area (Å²) < 4.78 is 5.67. The Morgan fingerprint density at radius 3 is 2.78 bits per heavy atom. The van der Waals surface area contributed by atoms with Gasteiger partial charge in [0.1, 0.15) is 0 Å². The number of halogens is 1. The Hall–Kier alpha value is -0.000000000000000111. The fraction of sp³-hybridized carbons (Fsp3) is 0.467. The number of hydrogen-bond donors (Lipinski definition) is 0. The van der Waals surface area contributed by atoms with Crippen LogP contribution in [0.15, 0.2) is 42.5 Å². The highest BCUT2D eigenvalue weighted by molar-refractivity contribution is 14.2. The lowest BCUT2D eigenvalue weighted by Crippen LogP contribution is -2.03. The highest BCUT2D eigenvalue weighted by Gasteiger charge is 2.06. The number of ether oxygens (including phenoxy) is 1. The van der Waals surface area contributed by atoms with Crippen molar-refractivity contribution in [1.82, 2.24) is 0 Å². The zero-order chi connectivity index (χ0) is 13.2. The maximum Gasteiger partial charge on any atom is 0.0716 e. The van der Waals surface area contributed by atoms with E-state index in [0.29, 0.717) is 5.92 Å². The van der Waals surface area contributed by atoms with Gasteiger partial charge >= 0.3 is 0 Å². The summed E-state index contributed by atoms with van der Waals surface area (Å²) in [6.07, 6.45) is 2.28. The van der Waals surface area contributed by atoms with Crippen molar-refractivity contribution in [2.24, 2.45) is 5.92 Å². The number of hydrogen-bond acceptors (Lipinski definition) is 2. The maximum atomic E-state index is 5.67. The van der Waals surface area contributed by atoms with Crippen LogP contribution in [-0.2, 0) is 11.3 Å². The van der Waals surface area contributed by atoms with Crippen LogP contribution in [0.2, 0.25) is 0 Å². The SMILES string of the molecule is C=C(CSI)C(C)CCCOCc1ccccc1. The lowest BCUT2D eigenvalue weighted by atomic mass is 9.99. The van der Waals surface area contributed by atoms with Gasteiger partial charge in [-0.1, -0.05) is 58.3 Å². The summed E-state index contributed by atoms with van der Waals surface area (Å²) >= 11 is 2.32. The minimum atomic E-state index is 0.604. The van der Waals surface area contributed by atoms with Crippen LogP contribution in [0.25, 0.3) is 0 Å². The molecule has 3 heteroatoms. The van der Waals surface area contributed by atoms with Gasteiger partial charge in [0.25, 0.3) is 0 Å². The second-order valence-corrected chi connectivity index (χ2v) is 6.87. The first-order valence-corrected chi connectivity index (χ1v) is 9.79. The number of benzene rings is 1. The van der Waals surface area contributed by atoms with Crippen LogP contribution in [-0.4, -0.2) is 12.4 Å². The van der Waals surface area contributed by atoms with Crippen molar-refractivity contribution in [1.29, 1.82) is 0 Å². The molecule has 1 rings (SSSR count). The Balaban J connectivity index is 2.07. The minimum Gasteiger partial charge on any atom is -0.377 e. The maximum absolute atomic E-state index is 5.67. The van der Waals surface area contributed by atoms with Crippen molar-refractivity contribution in [2.75, 3.05) is 12.4 Å². The molecule has 0 amide bonds. The molecule has 0 aliphatic rings. The van der Waals surface area contributed by atoms with E-state index in [4.69, 9.17) is 4.74 Å². The van der Waals surface area contributed by atoms with E-state index < -0.39 is 0 Å². The fourth-order valence-electron chi connectivity index (χ4n) is 1.67. The van der Waals surface area contributed by atoms with Crippen LogP contribution < -0.4 is 0 Å². The molecule has 0 aliphatic heterocycles. The quantitative estimate of drug-likeness (QED) is 0.330. The third-order valence-corrected chi connectivity index (χ3v) is 4.39. The molecule has 0 aliphatic carbocycles. The third-order valence-electron chi connectivity index (χ3n) is 2.97. The van der Waals surface area contributed by atoms with Gasteiger partial charge in [-0.3, -0.25) is 0 Å². The molecular weight excluding hydrogens is 355 g/mol. The summed E-state index contributed by atoms with van der Waals surface area (Å²) in [4.78, 5) is 0. The lowest BCUT2D eigenvalue weighted by molar-refractivity contribution is 0.115. The van der Waals surface area contributed by atoms with E-state index in [0.717, 1.165) is 25.4 Å². The predicted octanol–water partition coefficient (Wildman–Crippen LogP) is 5.26. The molecule has 0 saturated heterocycles. The molecule has 0 fully saturated rings. The van der Waals surface area contributed by atoms with Gasteiger partial charge in [0.15, 0.2) is 0 Å². The van der Waals surface area contributed by atoms with Crippen molar-refractivity contribution in [3.8, 4) is 0 Å². The molecule has 1 aromatic rings. The van der Waals surface area contributed by atoms with E-state index in [1.165, 1.54) is 17.6 Å². The van der Waals surface area contributed by atoms with Gasteiger partial charge in [-0.05, 0) is 45.5 Å². The molecule has 1 nitrogen and oxygen atoms in total. The van der Waals surface area contributed by atoms with Crippen molar-refractivity contribution < 1.29 is 4.74 Å². The van der Waals surface area contributed by atoms with Gasteiger partial charge in [0.2, 0.25) is 0 Å². The summed E-state index contributed by atoms with van der Waals surface area (Å²) in [5, 5.41) is 0. The van der Waals surface area contributed by atoms with Crippen LogP contribution in [0.4, 0.5) is 0 Å². The first kappa shape index (κ1) is 16.1. The van der Waals surface area contributed by atoms with Gasteiger partial charge in [-0.2, -0.15) is 0 Å². The third kappa shape index (κ3) is 6.81. The van der Waals surface area contributed by atoms with Crippen LogP contribution >= 0.6 is 30.1 Å². The molecule has 100 valence electrons. The zero-order valence-corrected chi connectivity index (χ0v) is 13.9. The van der Waals surface area contributed by atoms with Gasteiger partial charge in [0.05, 0.1) is 6.61 Å². The van der Waals surface area contributed by atoms with Gasteiger partial charge in [-0.25, -0.2) is 0 Å². The first-order valence-electron chi connectivity index (χ1n) is 6.27. The van der Waals surface area contributed by atoms with Crippen LogP contribution in [0.3, 0.4) is 0 Å². The summed E-state index contributed by atoms with van der Waals surface area (Å²) in [6.45, 7) is 7.94. The van der Waals surface area contributed by atoms with Gasteiger partial charge in [-0.15, -0.1) is 0 Å². The Labute approximate surface area is 127 Å². The Kier molecular flexibility index (Phi) is 8.80. The van der Waals surface area contributed by atoms with Crippen LogP contribution in [0.1, 0.15) is 25.3 Å². The largest absolute Gasteiger partial charge is 0.377 e. The summed E-state index contributed by atoms with van der Waals surface area (Å²) in [5.41, 5.74) is 2.59. The smallest absolute Gasteiger partial charge is 0.0716 e. The molecule has 18 heavy (non-hydrogen) atoms. The van der Waals surface area contributed by atoms with Crippen LogP contribution in [0.5, 0.6) is 0 Å². The number of rotatable bonds is 9. The van der Waals surface area contributed by atoms with Gasteiger partial charge < -0.3 is 4.74 Å². The van der Waals surface area contributed by atoms with Crippen molar-refractivity contribution >= 4 is 30.1 Å². The van der Waals surface area contributed by atoms with Crippen molar-refractivity contribution in [3.63, 3.8) is 0 Å². The average molecular weight is 376 g/mol. The van der Waals surface area contributed by atoms with E-state index in [2.05, 4.69) is 46.8 Å².